The van der Waals surface area contributed by atoms with Crippen LogP contribution >= 0.6 is 0 Å². The van der Waals surface area contributed by atoms with Crippen molar-refractivity contribution in [3.63, 3.8) is 0 Å². The van der Waals surface area contributed by atoms with Gasteiger partial charge in [0.15, 0.2) is 17.1 Å². The highest BCUT2D eigenvalue weighted by Gasteiger charge is 2.12. The summed E-state index contributed by atoms with van der Waals surface area (Å²) in [6, 6.07) is 17.0. The second-order valence-electron chi connectivity index (χ2n) is 5.64. The average molecular weight is 329 g/mol. The summed E-state index contributed by atoms with van der Waals surface area (Å²) in [5.41, 5.74) is 2.44. The molecule has 0 amide bonds. The predicted octanol–water partition coefficient (Wildman–Crippen LogP) is 4.89. The zero-order valence-corrected chi connectivity index (χ0v) is 13.6. The molecule has 4 nitrogen and oxygen atoms in total. The minimum atomic E-state index is -0.190. The first-order valence-electron chi connectivity index (χ1n) is 7.88. The van der Waals surface area contributed by atoms with Crippen LogP contribution in [0.5, 0.6) is 5.75 Å². The SMILES string of the molecule is COc1cccc2cc(C(=O)/C=C/c3ccc4ncccc4c3)oc12. The van der Waals surface area contributed by atoms with E-state index in [1.165, 1.54) is 6.08 Å². The van der Waals surface area contributed by atoms with E-state index < -0.39 is 0 Å². The molecular formula is C21H15NO3. The Balaban J connectivity index is 1.63. The molecule has 0 aliphatic heterocycles. The summed E-state index contributed by atoms with van der Waals surface area (Å²) in [6.45, 7) is 0. The number of ether oxygens (including phenoxy) is 1. The Labute approximate surface area is 144 Å². The molecule has 2 aromatic heterocycles. The van der Waals surface area contributed by atoms with Crippen molar-refractivity contribution in [1.29, 1.82) is 0 Å². The zero-order chi connectivity index (χ0) is 17.2. The molecule has 0 saturated carbocycles. The molecule has 4 heteroatoms. The Kier molecular flexibility index (Phi) is 3.78. The highest BCUT2D eigenvalue weighted by atomic mass is 16.5. The number of carbonyl (C=O) groups is 1. The predicted molar refractivity (Wildman–Crippen MR) is 97.9 cm³/mol. The van der Waals surface area contributed by atoms with Crippen molar-refractivity contribution in [2.24, 2.45) is 0 Å². The van der Waals surface area contributed by atoms with Crippen molar-refractivity contribution in [1.82, 2.24) is 4.98 Å². The Morgan fingerprint density at radius 2 is 1.96 bits per heavy atom. The molecule has 4 rings (SSSR count). The highest BCUT2D eigenvalue weighted by Crippen LogP contribution is 2.28. The van der Waals surface area contributed by atoms with E-state index >= 15 is 0 Å². The first-order valence-corrected chi connectivity index (χ1v) is 7.88. The standard InChI is InChI=1S/C21H15NO3/c1-24-19-6-2-4-16-13-20(25-21(16)19)18(23)10-8-14-7-9-17-15(12-14)5-3-11-22-17/h2-13H,1H3/b10-8+. The van der Waals surface area contributed by atoms with Crippen LogP contribution in [0.15, 0.2) is 71.3 Å². The molecule has 0 atom stereocenters. The molecule has 122 valence electrons. The number of carbonyl (C=O) groups excluding carboxylic acids is 1. The van der Waals surface area contributed by atoms with Crippen LogP contribution in [0.3, 0.4) is 0 Å². The lowest BCUT2D eigenvalue weighted by molar-refractivity contribution is 0.102. The summed E-state index contributed by atoms with van der Waals surface area (Å²) in [5, 5.41) is 1.87. The number of hydrogen-bond acceptors (Lipinski definition) is 4. The van der Waals surface area contributed by atoms with Gasteiger partial charge in [-0.1, -0.05) is 30.3 Å². The van der Waals surface area contributed by atoms with Gasteiger partial charge in [0.05, 0.1) is 12.6 Å². The molecule has 0 aliphatic carbocycles. The van der Waals surface area contributed by atoms with Gasteiger partial charge in [0.2, 0.25) is 5.78 Å². The number of hydrogen-bond donors (Lipinski definition) is 0. The fourth-order valence-electron chi connectivity index (χ4n) is 2.77. The summed E-state index contributed by atoms with van der Waals surface area (Å²) in [5.74, 6) is 0.713. The summed E-state index contributed by atoms with van der Waals surface area (Å²) >= 11 is 0. The van der Waals surface area contributed by atoms with Gasteiger partial charge in [-0.2, -0.15) is 0 Å². The second-order valence-corrected chi connectivity index (χ2v) is 5.64. The Morgan fingerprint density at radius 1 is 1.08 bits per heavy atom. The lowest BCUT2D eigenvalue weighted by Gasteiger charge is -1.98. The zero-order valence-electron chi connectivity index (χ0n) is 13.6. The van der Waals surface area contributed by atoms with E-state index in [4.69, 9.17) is 9.15 Å². The van der Waals surface area contributed by atoms with Gasteiger partial charge in [-0.25, -0.2) is 0 Å². The number of para-hydroxylation sites is 1. The van der Waals surface area contributed by atoms with Gasteiger partial charge in [-0.3, -0.25) is 9.78 Å². The minimum Gasteiger partial charge on any atom is -0.493 e. The largest absolute Gasteiger partial charge is 0.493 e. The van der Waals surface area contributed by atoms with Crippen LogP contribution < -0.4 is 4.74 Å². The van der Waals surface area contributed by atoms with E-state index in [-0.39, 0.29) is 5.78 Å². The van der Waals surface area contributed by atoms with Crippen LogP contribution in [0.1, 0.15) is 16.1 Å². The van der Waals surface area contributed by atoms with Gasteiger partial charge in [-0.15, -0.1) is 0 Å². The van der Waals surface area contributed by atoms with E-state index in [1.807, 2.05) is 42.5 Å². The van der Waals surface area contributed by atoms with Gasteiger partial charge in [0.25, 0.3) is 0 Å². The minimum absolute atomic E-state index is 0.190. The van der Waals surface area contributed by atoms with E-state index in [2.05, 4.69) is 4.98 Å². The van der Waals surface area contributed by atoms with Crippen molar-refractivity contribution >= 4 is 33.7 Å². The number of aromatic nitrogens is 1. The van der Waals surface area contributed by atoms with E-state index in [0.29, 0.717) is 17.1 Å². The fraction of sp³-hybridized carbons (Fsp3) is 0.0476. The van der Waals surface area contributed by atoms with Crippen LogP contribution in [0, 0.1) is 0 Å². The number of furan rings is 1. The van der Waals surface area contributed by atoms with E-state index in [9.17, 15) is 4.79 Å². The van der Waals surface area contributed by atoms with Crippen molar-refractivity contribution < 1.29 is 13.9 Å². The maximum absolute atomic E-state index is 12.4. The molecule has 4 aromatic rings. The third-order valence-electron chi connectivity index (χ3n) is 4.02. The van der Waals surface area contributed by atoms with Crippen LogP contribution in [0.2, 0.25) is 0 Å². The molecule has 0 aliphatic rings. The van der Waals surface area contributed by atoms with Crippen LogP contribution in [-0.2, 0) is 0 Å². The molecule has 0 N–H and O–H groups in total. The molecule has 2 heterocycles. The number of methoxy groups -OCH3 is 1. The molecule has 0 unspecified atom stereocenters. The van der Waals surface area contributed by atoms with Crippen LogP contribution in [0.4, 0.5) is 0 Å². The molecule has 2 aromatic carbocycles. The molecule has 25 heavy (non-hydrogen) atoms. The van der Waals surface area contributed by atoms with E-state index in [0.717, 1.165) is 21.9 Å². The van der Waals surface area contributed by atoms with E-state index in [1.54, 1.807) is 31.5 Å². The number of pyridine rings is 1. The molecule has 0 bridgehead atoms. The van der Waals surface area contributed by atoms with Crippen molar-refractivity contribution in [3.8, 4) is 5.75 Å². The molecule has 0 spiro atoms. The third-order valence-corrected chi connectivity index (χ3v) is 4.02. The topological polar surface area (TPSA) is 52.3 Å². The molecule has 0 fully saturated rings. The fourth-order valence-corrected chi connectivity index (χ4v) is 2.77. The first-order chi connectivity index (χ1) is 12.2. The summed E-state index contributed by atoms with van der Waals surface area (Å²) in [6.07, 6.45) is 5.05. The van der Waals surface area contributed by atoms with Crippen molar-refractivity contribution in [3.05, 3.63) is 78.2 Å². The number of ketones is 1. The molecular weight excluding hydrogens is 314 g/mol. The van der Waals surface area contributed by atoms with Crippen LogP contribution in [-0.4, -0.2) is 17.9 Å². The summed E-state index contributed by atoms with van der Waals surface area (Å²) in [7, 11) is 1.58. The Bertz CT molecular complexity index is 1110. The molecule has 0 saturated heterocycles. The van der Waals surface area contributed by atoms with Gasteiger partial charge >= 0.3 is 0 Å². The Morgan fingerprint density at radius 3 is 2.84 bits per heavy atom. The number of nitrogens with zero attached hydrogens (tertiary/aromatic N) is 1. The lowest BCUT2D eigenvalue weighted by Crippen LogP contribution is -1.90. The number of fused-ring (bicyclic) bond motifs is 2. The normalized spacial score (nSPS) is 11.4. The van der Waals surface area contributed by atoms with Gasteiger partial charge in [-0.05, 0) is 42.0 Å². The summed E-state index contributed by atoms with van der Waals surface area (Å²) < 4.78 is 10.9. The first kappa shape index (κ1) is 15.1. The van der Waals surface area contributed by atoms with Gasteiger partial charge < -0.3 is 9.15 Å². The maximum Gasteiger partial charge on any atom is 0.221 e. The van der Waals surface area contributed by atoms with Crippen molar-refractivity contribution in [2.75, 3.05) is 7.11 Å². The highest BCUT2D eigenvalue weighted by molar-refractivity contribution is 6.07. The summed E-state index contributed by atoms with van der Waals surface area (Å²) in [4.78, 5) is 16.7. The number of benzene rings is 2. The quantitative estimate of drug-likeness (QED) is 0.395. The monoisotopic (exact) mass is 329 g/mol. The Hall–Kier alpha value is -3.40. The van der Waals surface area contributed by atoms with Crippen LogP contribution in [0.25, 0.3) is 27.9 Å². The maximum atomic E-state index is 12.4. The smallest absolute Gasteiger partial charge is 0.221 e. The van der Waals surface area contributed by atoms with Gasteiger partial charge in [0.1, 0.15) is 0 Å². The number of rotatable bonds is 4. The third kappa shape index (κ3) is 2.90. The average Bonchev–Trinajstić information content (AvgIpc) is 3.10. The molecule has 0 radical (unpaired) electrons. The second kappa shape index (κ2) is 6.24. The van der Waals surface area contributed by atoms with Crippen molar-refractivity contribution in [2.45, 2.75) is 0 Å². The number of allylic oxidation sites excluding steroid dienone is 1. The lowest BCUT2D eigenvalue weighted by atomic mass is 10.1. The van der Waals surface area contributed by atoms with Gasteiger partial charge in [0, 0.05) is 17.0 Å².